The van der Waals surface area contributed by atoms with Crippen molar-refractivity contribution in [3.05, 3.63) is 163 Å². The molecule has 0 aliphatic heterocycles. The molecule has 1 aliphatic rings. The van der Waals surface area contributed by atoms with Crippen LogP contribution in [0, 0.1) is 0 Å². The molecule has 1 aliphatic carbocycles. The Bertz CT molecular complexity index is 2410. The molecule has 2 heteroatoms. The Morgan fingerprint density at radius 2 is 1.20 bits per heavy atom. The molecule has 0 unspecified atom stereocenters. The Labute approximate surface area is 267 Å². The van der Waals surface area contributed by atoms with Gasteiger partial charge in [0, 0.05) is 32.3 Å². The van der Waals surface area contributed by atoms with Crippen molar-refractivity contribution in [2.75, 3.05) is 4.90 Å². The number of hydrogen-bond acceptors (Lipinski definition) is 2. The number of nitrogens with zero attached hydrogens (tertiary/aromatic N) is 1. The molecule has 0 amide bonds. The van der Waals surface area contributed by atoms with Crippen LogP contribution in [0.5, 0.6) is 0 Å². The van der Waals surface area contributed by atoms with Crippen molar-refractivity contribution in [1.82, 2.24) is 0 Å². The highest BCUT2D eigenvalue weighted by Crippen LogP contribution is 2.52. The summed E-state index contributed by atoms with van der Waals surface area (Å²) in [6, 6.07) is 55.8. The molecule has 9 rings (SSSR count). The van der Waals surface area contributed by atoms with Crippen LogP contribution < -0.4 is 4.90 Å². The zero-order valence-corrected chi connectivity index (χ0v) is 26.1. The van der Waals surface area contributed by atoms with Crippen molar-refractivity contribution in [3.63, 3.8) is 0 Å². The van der Waals surface area contributed by atoms with Gasteiger partial charge in [0.2, 0.25) is 0 Å². The SMILES string of the molecule is CC1(C)c2ccccc2-c2ccc(N(c3cccc(-c4ccccc4)c3)c3cc4ccccc4c4c3sc3ccccc34)cc21. The number of thiophene rings is 1. The van der Waals surface area contributed by atoms with Crippen LogP contribution in [-0.2, 0) is 5.41 Å². The smallest absolute Gasteiger partial charge is 0.0646 e. The molecule has 0 saturated carbocycles. The Balaban J connectivity index is 1.35. The van der Waals surface area contributed by atoms with Crippen LogP contribution in [0.25, 0.3) is 53.2 Å². The van der Waals surface area contributed by atoms with E-state index in [4.69, 9.17) is 0 Å². The molecule has 1 nitrogen and oxygen atoms in total. The minimum atomic E-state index is -0.0875. The first-order valence-electron chi connectivity index (χ1n) is 15.6. The summed E-state index contributed by atoms with van der Waals surface area (Å²) in [5, 5.41) is 5.21. The second-order valence-electron chi connectivity index (χ2n) is 12.6. The van der Waals surface area contributed by atoms with E-state index in [1.165, 1.54) is 75.7 Å². The summed E-state index contributed by atoms with van der Waals surface area (Å²) in [4.78, 5) is 2.50. The van der Waals surface area contributed by atoms with Gasteiger partial charge in [-0.1, -0.05) is 129 Å². The fraction of sp³-hybridized carbons (Fsp3) is 0.0698. The second kappa shape index (κ2) is 9.92. The summed E-state index contributed by atoms with van der Waals surface area (Å²) in [6.45, 7) is 4.73. The minimum absolute atomic E-state index is 0.0875. The third kappa shape index (κ3) is 3.99. The molecule has 1 heterocycles. The molecule has 214 valence electrons. The molecular formula is C43H31NS. The highest BCUT2D eigenvalue weighted by Gasteiger charge is 2.36. The van der Waals surface area contributed by atoms with Crippen LogP contribution in [0.2, 0.25) is 0 Å². The summed E-state index contributed by atoms with van der Waals surface area (Å²) in [5.74, 6) is 0. The zero-order chi connectivity index (χ0) is 30.1. The molecule has 0 bridgehead atoms. The van der Waals surface area contributed by atoms with Crippen molar-refractivity contribution in [3.8, 4) is 22.3 Å². The zero-order valence-electron chi connectivity index (χ0n) is 25.3. The van der Waals surface area contributed by atoms with Gasteiger partial charge in [0.25, 0.3) is 0 Å². The van der Waals surface area contributed by atoms with E-state index in [-0.39, 0.29) is 5.41 Å². The monoisotopic (exact) mass is 593 g/mol. The average molecular weight is 594 g/mol. The lowest BCUT2D eigenvalue weighted by Gasteiger charge is -2.29. The normalized spacial score (nSPS) is 13.3. The molecule has 0 atom stereocenters. The summed E-state index contributed by atoms with van der Waals surface area (Å²) < 4.78 is 2.62. The number of hydrogen-bond donors (Lipinski definition) is 0. The highest BCUT2D eigenvalue weighted by molar-refractivity contribution is 7.26. The van der Waals surface area contributed by atoms with Gasteiger partial charge in [-0.25, -0.2) is 0 Å². The fourth-order valence-electron chi connectivity index (χ4n) is 7.44. The van der Waals surface area contributed by atoms with Gasteiger partial charge in [-0.15, -0.1) is 11.3 Å². The number of anilines is 3. The second-order valence-corrected chi connectivity index (χ2v) is 13.6. The van der Waals surface area contributed by atoms with E-state index < -0.39 is 0 Å². The lowest BCUT2D eigenvalue weighted by Crippen LogP contribution is -2.16. The molecule has 1 aromatic heterocycles. The molecule has 0 saturated heterocycles. The van der Waals surface area contributed by atoms with Crippen LogP contribution in [-0.4, -0.2) is 0 Å². The van der Waals surface area contributed by atoms with Gasteiger partial charge in [-0.2, -0.15) is 0 Å². The van der Waals surface area contributed by atoms with E-state index in [0.717, 1.165) is 5.69 Å². The van der Waals surface area contributed by atoms with Crippen LogP contribution in [0.15, 0.2) is 152 Å². The molecule has 0 radical (unpaired) electrons. The standard InChI is InChI=1S/C43H31NS/c1-43(2)37-21-10-8-19-34(37)35-24-23-32(27-38(35)43)44(31-17-12-16-29(25-31)28-13-4-3-5-14-28)39-26-30-15-6-7-18-33(30)41-36-20-9-11-22-40(36)45-42(39)41/h3-27H,1-2H3. The molecule has 0 spiro atoms. The van der Waals surface area contributed by atoms with Gasteiger partial charge in [-0.3, -0.25) is 0 Å². The van der Waals surface area contributed by atoms with E-state index in [2.05, 4.69) is 170 Å². The van der Waals surface area contributed by atoms with E-state index in [9.17, 15) is 0 Å². The van der Waals surface area contributed by atoms with Crippen molar-refractivity contribution < 1.29 is 0 Å². The lowest BCUT2D eigenvalue weighted by atomic mass is 9.82. The predicted molar refractivity (Wildman–Crippen MR) is 195 cm³/mol. The van der Waals surface area contributed by atoms with E-state index in [1.807, 2.05) is 11.3 Å². The maximum Gasteiger partial charge on any atom is 0.0646 e. The maximum atomic E-state index is 2.50. The highest BCUT2D eigenvalue weighted by atomic mass is 32.1. The number of benzene rings is 7. The van der Waals surface area contributed by atoms with Gasteiger partial charge >= 0.3 is 0 Å². The third-order valence-corrected chi connectivity index (χ3v) is 10.8. The third-order valence-electron chi connectivity index (χ3n) is 9.63. The van der Waals surface area contributed by atoms with E-state index in [1.54, 1.807) is 0 Å². The predicted octanol–water partition coefficient (Wildman–Crippen LogP) is 12.7. The van der Waals surface area contributed by atoms with Gasteiger partial charge < -0.3 is 4.90 Å². The maximum absolute atomic E-state index is 2.50. The van der Waals surface area contributed by atoms with Crippen molar-refractivity contribution in [2.24, 2.45) is 0 Å². The van der Waals surface area contributed by atoms with Gasteiger partial charge in [0.1, 0.15) is 0 Å². The first-order valence-corrected chi connectivity index (χ1v) is 16.4. The summed E-state index contributed by atoms with van der Waals surface area (Å²) >= 11 is 1.89. The van der Waals surface area contributed by atoms with Gasteiger partial charge in [0.15, 0.2) is 0 Å². The largest absolute Gasteiger partial charge is 0.309 e. The number of rotatable bonds is 4. The molecule has 7 aromatic carbocycles. The lowest BCUT2D eigenvalue weighted by molar-refractivity contribution is 0.660. The average Bonchev–Trinajstić information content (AvgIpc) is 3.59. The van der Waals surface area contributed by atoms with E-state index >= 15 is 0 Å². The van der Waals surface area contributed by atoms with Gasteiger partial charge in [0.05, 0.1) is 10.4 Å². The summed E-state index contributed by atoms with van der Waals surface area (Å²) in [5.41, 5.74) is 11.3. The molecule has 8 aromatic rings. The first kappa shape index (κ1) is 26.2. The van der Waals surface area contributed by atoms with Crippen LogP contribution in [0.4, 0.5) is 17.1 Å². The van der Waals surface area contributed by atoms with Crippen LogP contribution >= 0.6 is 11.3 Å². The number of fused-ring (bicyclic) bond motifs is 8. The van der Waals surface area contributed by atoms with Crippen molar-refractivity contribution >= 4 is 59.3 Å². The fourth-order valence-corrected chi connectivity index (χ4v) is 8.66. The minimum Gasteiger partial charge on any atom is -0.309 e. The molecule has 45 heavy (non-hydrogen) atoms. The Morgan fingerprint density at radius 1 is 0.511 bits per heavy atom. The van der Waals surface area contributed by atoms with Crippen LogP contribution in [0.3, 0.4) is 0 Å². The van der Waals surface area contributed by atoms with Crippen LogP contribution in [0.1, 0.15) is 25.0 Å². The van der Waals surface area contributed by atoms with Gasteiger partial charge in [-0.05, 0) is 80.6 Å². The van der Waals surface area contributed by atoms with Crippen molar-refractivity contribution in [1.29, 1.82) is 0 Å². The topological polar surface area (TPSA) is 3.24 Å². The summed E-state index contributed by atoms with van der Waals surface area (Å²) in [6.07, 6.45) is 0. The van der Waals surface area contributed by atoms with E-state index in [0.29, 0.717) is 0 Å². The molecular weight excluding hydrogens is 563 g/mol. The Kier molecular flexibility index (Phi) is 5.78. The Hall–Kier alpha value is -5.18. The first-order chi connectivity index (χ1) is 22.1. The van der Waals surface area contributed by atoms with Crippen molar-refractivity contribution in [2.45, 2.75) is 19.3 Å². The molecule has 0 N–H and O–H groups in total. The summed E-state index contributed by atoms with van der Waals surface area (Å²) in [7, 11) is 0. The quantitative estimate of drug-likeness (QED) is 0.196. The Morgan fingerprint density at radius 3 is 2.09 bits per heavy atom. The molecule has 0 fully saturated rings.